The Bertz CT molecular complexity index is 484. The predicted octanol–water partition coefficient (Wildman–Crippen LogP) is 4.21. The molecule has 16 heavy (non-hydrogen) atoms. The standard InChI is InChI=1S/C14H14F2/c1-2-10-5-3-6-11-7-4-8-12(14(10)11)9-13(15)16/h3-8,13H,2,9H2,1H3. The normalized spacial score (nSPS) is 11.2. The molecular formula is C14H14F2. The van der Waals surface area contributed by atoms with Gasteiger partial charge in [-0.15, -0.1) is 0 Å². The lowest BCUT2D eigenvalue weighted by Gasteiger charge is -2.10. The van der Waals surface area contributed by atoms with Crippen molar-refractivity contribution in [3.8, 4) is 0 Å². The van der Waals surface area contributed by atoms with E-state index in [2.05, 4.69) is 0 Å². The highest BCUT2D eigenvalue weighted by atomic mass is 19.3. The van der Waals surface area contributed by atoms with Crippen LogP contribution in [0.1, 0.15) is 18.1 Å². The third kappa shape index (κ3) is 2.06. The molecule has 0 heterocycles. The summed E-state index contributed by atoms with van der Waals surface area (Å²) in [5, 5.41) is 2.06. The Morgan fingerprint density at radius 1 is 1.00 bits per heavy atom. The molecule has 0 amide bonds. The summed E-state index contributed by atoms with van der Waals surface area (Å²) >= 11 is 0. The van der Waals surface area contributed by atoms with Gasteiger partial charge in [0.05, 0.1) is 0 Å². The topological polar surface area (TPSA) is 0 Å². The van der Waals surface area contributed by atoms with E-state index in [4.69, 9.17) is 0 Å². The second-order valence-corrected chi connectivity index (χ2v) is 3.88. The molecule has 0 atom stereocenters. The number of fused-ring (bicyclic) bond motifs is 1. The van der Waals surface area contributed by atoms with Gasteiger partial charge in [-0.1, -0.05) is 43.3 Å². The molecule has 0 saturated carbocycles. The van der Waals surface area contributed by atoms with Crippen LogP contribution in [-0.2, 0) is 12.8 Å². The van der Waals surface area contributed by atoms with Gasteiger partial charge in [-0.2, -0.15) is 0 Å². The van der Waals surface area contributed by atoms with Gasteiger partial charge < -0.3 is 0 Å². The molecule has 0 aliphatic heterocycles. The highest BCUT2D eigenvalue weighted by molar-refractivity contribution is 5.88. The lowest BCUT2D eigenvalue weighted by atomic mass is 9.96. The molecule has 0 N–H and O–H groups in total. The van der Waals surface area contributed by atoms with Crippen molar-refractivity contribution in [2.75, 3.05) is 0 Å². The van der Waals surface area contributed by atoms with Crippen molar-refractivity contribution in [2.45, 2.75) is 26.2 Å². The van der Waals surface area contributed by atoms with Crippen LogP contribution in [0.15, 0.2) is 36.4 Å². The number of halogens is 2. The average Bonchev–Trinajstić information content (AvgIpc) is 2.28. The van der Waals surface area contributed by atoms with E-state index in [1.807, 2.05) is 37.3 Å². The molecule has 0 aliphatic carbocycles. The fraction of sp³-hybridized carbons (Fsp3) is 0.286. The maximum atomic E-state index is 12.5. The zero-order valence-corrected chi connectivity index (χ0v) is 9.21. The molecule has 0 nitrogen and oxygen atoms in total. The third-order valence-electron chi connectivity index (χ3n) is 2.83. The minimum atomic E-state index is -2.28. The molecule has 0 aromatic heterocycles. The van der Waals surface area contributed by atoms with Gasteiger partial charge in [0, 0.05) is 6.42 Å². The highest BCUT2D eigenvalue weighted by Gasteiger charge is 2.09. The second kappa shape index (κ2) is 4.60. The molecule has 84 valence electrons. The van der Waals surface area contributed by atoms with Gasteiger partial charge >= 0.3 is 0 Å². The molecule has 2 rings (SSSR count). The number of aryl methyl sites for hydroxylation is 1. The van der Waals surface area contributed by atoms with Gasteiger partial charge in [-0.25, -0.2) is 8.78 Å². The van der Waals surface area contributed by atoms with Crippen LogP contribution >= 0.6 is 0 Å². The fourth-order valence-corrected chi connectivity index (χ4v) is 2.13. The summed E-state index contributed by atoms with van der Waals surface area (Å²) in [5.74, 6) is 0. The van der Waals surface area contributed by atoms with Crippen LogP contribution in [-0.4, -0.2) is 6.43 Å². The number of benzene rings is 2. The summed E-state index contributed by atoms with van der Waals surface area (Å²) in [4.78, 5) is 0. The van der Waals surface area contributed by atoms with Gasteiger partial charge in [0.1, 0.15) is 0 Å². The quantitative estimate of drug-likeness (QED) is 0.726. The molecule has 2 heteroatoms. The van der Waals surface area contributed by atoms with Gasteiger partial charge in [0.25, 0.3) is 0 Å². The summed E-state index contributed by atoms with van der Waals surface area (Å²) in [6.45, 7) is 2.05. The van der Waals surface area contributed by atoms with Crippen molar-refractivity contribution < 1.29 is 8.78 Å². The van der Waals surface area contributed by atoms with Gasteiger partial charge in [0.15, 0.2) is 0 Å². The molecule has 0 spiro atoms. The van der Waals surface area contributed by atoms with Crippen molar-refractivity contribution in [2.24, 2.45) is 0 Å². The van der Waals surface area contributed by atoms with E-state index in [1.54, 1.807) is 6.07 Å². The Labute approximate surface area is 93.9 Å². The Morgan fingerprint density at radius 3 is 2.19 bits per heavy atom. The Kier molecular flexibility index (Phi) is 3.18. The summed E-state index contributed by atoms with van der Waals surface area (Å²) in [6.07, 6.45) is -1.57. The zero-order valence-electron chi connectivity index (χ0n) is 9.21. The molecule has 0 aliphatic rings. The second-order valence-electron chi connectivity index (χ2n) is 3.88. The molecule has 2 aromatic carbocycles. The predicted molar refractivity (Wildman–Crippen MR) is 63.0 cm³/mol. The minimum absolute atomic E-state index is 0.158. The lowest BCUT2D eigenvalue weighted by Crippen LogP contribution is -1.99. The maximum absolute atomic E-state index is 12.5. The summed E-state index contributed by atoms with van der Waals surface area (Å²) in [6, 6.07) is 11.6. The third-order valence-corrected chi connectivity index (χ3v) is 2.83. The summed E-state index contributed by atoms with van der Waals surface area (Å²) in [5.41, 5.74) is 1.90. The number of rotatable bonds is 3. The monoisotopic (exact) mass is 220 g/mol. The van der Waals surface area contributed by atoms with Crippen LogP contribution in [0.2, 0.25) is 0 Å². The van der Waals surface area contributed by atoms with Gasteiger partial charge in [-0.3, -0.25) is 0 Å². The average molecular weight is 220 g/mol. The first-order valence-electron chi connectivity index (χ1n) is 5.50. The zero-order chi connectivity index (χ0) is 11.5. The van der Waals surface area contributed by atoms with Crippen molar-refractivity contribution in [3.63, 3.8) is 0 Å². The Balaban J connectivity index is 2.63. The largest absolute Gasteiger partial charge is 0.242 e. The highest BCUT2D eigenvalue weighted by Crippen LogP contribution is 2.25. The Morgan fingerprint density at radius 2 is 1.62 bits per heavy atom. The number of alkyl halides is 2. The first-order valence-corrected chi connectivity index (χ1v) is 5.50. The molecular weight excluding hydrogens is 206 g/mol. The van der Waals surface area contributed by atoms with E-state index < -0.39 is 6.43 Å². The van der Waals surface area contributed by atoms with E-state index in [-0.39, 0.29) is 6.42 Å². The number of hydrogen-bond acceptors (Lipinski definition) is 0. The van der Waals surface area contributed by atoms with Crippen molar-refractivity contribution in [3.05, 3.63) is 47.5 Å². The van der Waals surface area contributed by atoms with E-state index in [1.165, 1.54) is 0 Å². The van der Waals surface area contributed by atoms with E-state index >= 15 is 0 Å². The molecule has 0 radical (unpaired) electrons. The first-order chi connectivity index (χ1) is 7.72. The SMILES string of the molecule is CCc1cccc2cccc(CC(F)F)c12. The fourth-order valence-electron chi connectivity index (χ4n) is 2.13. The van der Waals surface area contributed by atoms with Gasteiger partial charge in [0.2, 0.25) is 6.43 Å². The van der Waals surface area contributed by atoms with Crippen molar-refractivity contribution >= 4 is 10.8 Å². The van der Waals surface area contributed by atoms with Gasteiger partial charge in [-0.05, 0) is 28.3 Å². The smallest absolute Gasteiger partial charge is 0.210 e. The number of hydrogen-bond donors (Lipinski definition) is 0. The van der Waals surface area contributed by atoms with E-state index in [0.29, 0.717) is 0 Å². The Hall–Kier alpha value is -1.44. The maximum Gasteiger partial charge on any atom is 0.242 e. The van der Waals surface area contributed by atoms with Crippen LogP contribution in [0.4, 0.5) is 8.78 Å². The van der Waals surface area contributed by atoms with Crippen LogP contribution in [0, 0.1) is 0 Å². The van der Waals surface area contributed by atoms with E-state index in [9.17, 15) is 8.78 Å². The molecule has 2 aromatic rings. The van der Waals surface area contributed by atoms with Crippen molar-refractivity contribution in [1.29, 1.82) is 0 Å². The summed E-state index contributed by atoms with van der Waals surface area (Å²) < 4.78 is 25.0. The lowest BCUT2D eigenvalue weighted by molar-refractivity contribution is 0.149. The minimum Gasteiger partial charge on any atom is -0.210 e. The summed E-state index contributed by atoms with van der Waals surface area (Å²) in [7, 11) is 0. The van der Waals surface area contributed by atoms with Crippen LogP contribution in [0.25, 0.3) is 10.8 Å². The molecule has 0 fully saturated rings. The van der Waals surface area contributed by atoms with Crippen molar-refractivity contribution in [1.82, 2.24) is 0 Å². The first kappa shape index (κ1) is 11.1. The van der Waals surface area contributed by atoms with E-state index in [0.717, 1.165) is 28.3 Å². The van der Waals surface area contributed by atoms with Crippen LogP contribution in [0.3, 0.4) is 0 Å². The molecule has 0 saturated heterocycles. The van der Waals surface area contributed by atoms with Crippen LogP contribution < -0.4 is 0 Å². The molecule has 0 unspecified atom stereocenters. The van der Waals surface area contributed by atoms with Crippen LogP contribution in [0.5, 0.6) is 0 Å². The molecule has 0 bridgehead atoms.